The molecule has 2 rings (SSSR count). The molecule has 5 nitrogen and oxygen atoms in total. The Balaban J connectivity index is 1.89. The summed E-state index contributed by atoms with van der Waals surface area (Å²) in [6.45, 7) is 3.09. The number of anilines is 1. The third kappa shape index (κ3) is 3.84. The average Bonchev–Trinajstić information content (AvgIpc) is 2.96. The summed E-state index contributed by atoms with van der Waals surface area (Å²) in [6.07, 6.45) is 4.24. The summed E-state index contributed by atoms with van der Waals surface area (Å²) in [7, 11) is 0. The molecule has 0 aliphatic heterocycles. The van der Waals surface area contributed by atoms with E-state index in [1.54, 1.807) is 24.7 Å². The second kappa shape index (κ2) is 6.58. The topological polar surface area (TPSA) is 67.0 Å². The third-order valence-electron chi connectivity index (χ3n) is 2.60. The lowest BCUT2D eigenvalue weighted by molar-refractivity contribution is 0.0505. The van der Waals surface area contributed by atoms with Crippen LogP contribution in [0.2, 0.25) is 0 Å². The molecule has 0 amide bonds. The third-order valence-corrected chi connectivity index (χ3v) is 2.60. The van der Waals surface area contributed by atoms with Crippen molar-refractivity contribution in [3.8, 4) is 0 Å². The van der Waals surface area contributed by atoms with Crippen LogP contribution >= 0.6 is 0 Å². The van der Waals surface area contributed by atoms with E-state index in [1.165, 1.54) is 0 Å². The van der Waals surface area contributed by atoms with Gasteiger partial charge in [-0.25, -0.2) is 9.78 Å². The van der Waals surface area contributed by atoms with Crippen molar-refractivity contribution in [3.63, 3.8) is 0 Å². The van der Waals surface area contributed by atoms with E-state index in [0.29, 0.717) is 18.7 Å². The largest absolute Gasteiger partial charge is 0.462 e. The summed E-state index contributed by atoms with van der Waals surface area (Å²) in [4.78, 5) is 18.6. The van der Waals surface area contributed by atoms with Gasteiger partial charge in [-0.05, 0) is 30.7 Å². The molecule has 0 saturated carbocycles. The van der Waals surface area contributed by atoms with Gasteiger partial charge >= 0.3 is 5.97 Å². The minimum Gasteiger partial charge on any atom is -0.462 e. The number of nitrogens with one attached hydrogen (secondary N) is 2. The number of carbonyl (C=O) groups excluding carboxylic acids is 1. The van der Waals surface area contributed by atoms with Gasteiger partial charge < -0.3 is 15.0 Å². The van der Waals surface area contributed by atoms with Gasteiger partial charge in [0.2, 0.25) is 0 Å². The van der Waals surface area contributed by atoms with E-state index in [9.17, 15) is 4.79 Å². The van der Waals surface area contributed by atoms with E-state index in [4.69, 9.17) is 4.74 Å². The molecule has 1 aromatic heterocycles. The van der Waals surface area contributed by atoms with Crippen molar-refractivity contribution in [2.24, 2.45) is 0 Å². The SMILES string of the molecule is CCCOC(=O)c1ccc(NCc2cnc[nH]2)cc1. The maximum atomic E-state index is 11.6. The van der Waals surface area contributed by atoms with Gasteiger partial charge in [0.25, 0.3) is 0 Å². The van der Waals surface area contributed by atoms with Gasteiger partial charge in [-0.2, -0.15) is 0 Å². The molecule has 1 heterocycles. The van der Waals surface area contributed by atoms with Gasteiger partial charge in [-0.15, -0.1) is 0 Å². The zero-order valence-electron chi connectivity index (χ0n) is 10.8. The molecule has 2 N–H and O–H groups in total. The summed E-state index contributed by atoms with van der Waals surface area (Å²) >= 11 is 0. The monoisotopic (exact) mass is 259 g/mol. The molecular formula is C14H17N3O2. The van der Waals surface area contributed by atoms with Gasteiger partial charge in [-0.3, -0.25) is 0 Å². The highest BCUT2D eigenvalue weighted by molar-refractivity contribution is 5.89. The summed E-state index contributed by atoms with van der Waals surface area (Å²) in [6, 6.07) is 7.23. The van der Waals surface area contributed by atoms with Crippen molar-refractivity contribution in [2.45, 2.75) is 19.9 Å². The first-order chi connectivity index (χ1) is 9.29. The predicted molar refractivity (Wildman–Crippen MR) is 72.9 cm³/mol. The van der Waals surface area contributed by atoms with Crippen LogP contribution < -0.4 is 5.32 Å². The van der Waals surface area contributed by atoms with E-state index < -0.39 is 0 Å². The number of aromatic amines is 1. The molecule has 19 heavy (non-hydrogen) atoms. The molecule has 1 aromatic carbocycles. The number of nitrogens with zero attached hydrogens (tertiary/aromatic N) is 1. The summed E-state index contributed by atoms with van der Waals surface area (Å²) in [5, 5.41) is 3.23. The van der Waals surface area contributed by atoms with Crippen molar-refractivity contribution >= 4 is 11.7 Å². The smallest absolute Gasteiger partial charge is 0.338 e. The molecule has 0 aliphatic carbocycles. The number of H-pyrrole nitrogens is 1. The standard InChI is InChI=1S/C14H17N3O2/c1-2-7-19-14(18)11-3-5-12(6-4-11)16-9-13-8-15-10-17-13/h3-6,8,10,16H,2,7,9H2,1H3,(H,15,17). The van der Waals surface area contributed by atoms with Crippen LogP contribution in [0, 0.1) is 0 Å². The lowest BCUT2D eigenvalue weighted by Crippen LogP contribution is -2.06. The van der Waals surface area contributed by atoms with Gasteiger partial charge in [0.15, 0.2) is 0 Å². The Morgan fingerprint density at radius 3 is 2.79 bits per heavy atom. The van der Waals surface area contributed by atoms with Gasteiger partial charge in [-0.1, -0.05) is 6.92 Å². The molecule has 2 aromatic rings. The molecule has 100 valence electrons. The Morgan fingerprint density at radius 2 is 2.16 bits per heavy atom. The number of hydrogen-bond acceptors (Lipinski definition) is 4. The van der Waals surface area contributed by atoms with E-state index in [-0.39, 0.29) is 5.97 Å². The Bertz CT molecular complexity index is 506. The Hall–Kier alpha value is -2.30. The first kappa shape index (κ1) is 13.1. The van der Waals surface area contributed by atoms with E-state index >= 15 is 0 Å². The molecule has 5 heteroatoms. The normalized spacial score (nSPS) is 10.2. The van der Waals surface area contributed by atoms with E-state index in [0.717, 1.165) is 17.8 Å². The number of imidazole rings is 1. The Morgan fingerprint density at radius 1 is 1.37 bits per heavy atom. The zero-order chi connectivity index (χ0) is 13.5. The lowest BCUT2D eigenvalue weighted by atomic mass is 10.2. The maximum absolute atomic E-state index is 11.6. The molecule has 0 atom stereocenters. The Kier molecular flexibility index (Phi) is 4.55. The van der Waals surface area contributed by atoms with E-state index in [1.807, 2.05) is 19.1 Å². The van der Waals surface area contributed by atoms with Crippen molar-refractivity contribution in [1.29, 1.82) is 0 Å². The molecular weight excluding hydrogens is 242 g/mol. The molecule has 0 aliphatic rings. The van der Waals surface area contributed by atoms with Crippen molar-refractivity contribution in [2.75, 3.05) is 11.9 Å². The highest BCUT2D eigenvalue weighted by Gasteiger charge is 2.05. The van der Waals surface area contributed by atoms with Gasteiger partial charge in [0.1, 0.15) is 0 Å². The molecule has 0 unspecified atom stereocenters. The average molecular weight is 259 g/mol. The fourth-order valence-corrected chi connectivity index (χ4v) is 1.58. The minimum atomic E-state index is -0.276. The van der Waals surface area contributed by atoms with Gasteiger partial charge in [0, 0.05) is 11.9 Å². The van der Waals surface area contributed by atoms with Crippen LogP contribution in [0.3, 0.4) is 0 Å². The first-order valence-corrected chi connectivity index (χ1v) is 6.28. The predicted octanol–water partition coefficient (Wildman–Crippen LogP) is 2.59. The van der Waals surface area contributed by atoms with Crippen molar-refractivity contribution < 1.29 is 9.53 Å². The zero-order valence-corrected chi connectivity index (χ0v) is 10.8. The van der Waals surface area contributed by atoms with Crippen LogP contribution in [-0.2, 0) is 11.3 Å². The van der Waals surface area contributed by atoms with Crippen LogP contribution in [0.1, 0.15) is 29.4 Å². The highest BCUT2D eigenvalue weighted by Crippen LogP contribution is 2.11. The quantitative estimate of drug-likeness (QED) is 0.782. The molecule has 0 bridgehead atoms. The lowest BCUT2D eigenvalue weighted by Gasteiger charge is -2.06. The first-order valence-electron chi connectivity index (χ1n) is 6.28. The minimum absolute atomic E-state index is 0.276. The van der Waals surface area contributed by atoms with Crippen molar-refractivity contribution in [1.82, 2.24) is 9.97 Å². The maximum Gasteiger partial charge on any atom is 0.338 e. The highest BCUT2D eigenvalue weighted by atomic mass is 16.5. The summed E-state index contributed by atoms with van der Waals surface area (Å²) in [5.74, 6) is -0.276. The van der Waals surface area contributed by atoms with Crippen LogP contribution in [0.4, 0.5) is 5.69 Å². The number of hydrogen-bond donors (Lipinski definition) is 2. The Labute approximate surface area is 112 Å². The van der Waals surface area contributed by atoms with Crippen LogP contribution in [0.25, 0.3) is 0 Å². The van der Waals surface area contributed by atoms with Crippen LogP contribution in [0.15, 0.2) is 36.8 Å². The number of ether oxygens (including phenoxy) is 1. The molecule has 0 radical (unpaired) electrons. The van der Waals surface area contributed by atoms with Crippen LogP contribution in [-0.4, -0.2) is 22.5 Å². The van der Waals surface area contributed by atoms with E-state index in [2.05, 4.69) is 15.3 Å². The number of carbonyl (C=O) groups is 1. The second-order valence-corrected chi connectivity index (χ2v) is 4.14. The molecule has 0 fully saturated rings. The fraction of sp³-hybridized carbons (Fsp3) is 0.286. The summed E-state index contributed by atoms with van der Waals surface area (Å²) < 4.78 is 5.06. The number of rotatable bonds is 6. The van der Waals surface area contributed by atoms with Crippen molar-refractivity contribution in [3.05, 3.63) is 48.0 Å². The molecule has 0 spiro atoms. The second-order valence-electron chi connectivity index (χ2n) is 4.14. The fourth-order valence-electron chi connectivity index (χ4n) is 1.58. The number of esters is 1. The number of aromatic nitrogens is 2. The van der Waals surface area contributed by atoms with Gasteiger partial charge in [0.05, 0.1) is 30.7 Å². The van der Waals surface area contributed by atoms with Crippen LogP contribution in [0.5, 0.6) is 0 Å². The summed E-state index contributed by atoms with van der Waals surface area (Å²) in [5.41, 5.74) is 2.52. The molecule has 0 saturated heterocycles. The number of benzene rings is 1.